The van der Waals surface area contributed by atoms with Crippen LogP contribution in [0.3, 0.4) is 0 Å². The Balaban J connectivity index is 4.22. The number of hydrogen-bond donors (Lipinski definition) is 2. The van der Waals surface area contributed by atoms with Crippen LogP contribution in [0.25, 0.3) is 0 Å². The van der Waals surface area contributed by atoms with Gasteiger partial charge in [0.25, 0.3) is 5.91 Å². The molecule has 0 radical (unpaired) electrons. The van der Waals surface area contributed by atoms with E-state index < -0.39 is 17.1 Å². The van der Waals surface area contributed by atoms with Crippen LogP contribution in [-0.4, -0.2) is 17.1 Å². The van der Waals surface area contributed by atoms with Crippen LogP contribution in [0.1, 0.15) is 27.7 Å². The van der Waals surface area contributed by atoms with Crippen molar-refractivity contribution in [2.45, 2.75) is 33.1 Å². The smallest absolute Gasteiger partial charge is 0.288 e. The zero-order valence-electron chi connectivity index (χ0n) is 7.84. The first-order valence-electron chi connectivity index (χ1n) is 3.78. The minimum Gasteiger partial charge on any atom is -0.338 e. The number of thiol groups is 1. The highest BCUT2D eigenvalue weighted by Crippen LogP contribution is 2.14. The van der Waals surface area contributed by atoms with Crippen molar-refractivity contribution in [2.75, 3.05) is 0 Å². The van der Waals surface area contributed by atoms with Crippen molar-refractivity contribution in [3.8, 4) is 0 Å². The lowest BCUT2D eigenvalue weighted by atomic mass is 9.90. The number of nitrogens with one attached hydrogen (secondary N) is 1. The predicted octanol–water partition coefficient (Wildman–Crippen LogP) is 0.994. The predicted molar refractivity (Wildman–Crippen MR) is 51.1 cm³/mol. The third-order valence-corrected chi connectivity index (χ3v) is 1.36. The van der Waals surface area contributed by atoms with Gasteiger partial charge >= 0.3 is 0 Å². The van der Waals surface area contributed by atoms with Crippen molar-refractivity contribution < 1.29 is 9.59 Å². The van der Waals surface area contributed by atoms with Crippen LogP contribution in [0.2, 0.25) is 0 Å². The van der Waals surface area contributed by atoms with E-state index in [4.69, 9.17) is 0 Å². The molecule has 0 rings (SSSR count). The molecule has 70 valence electrons. The number of amides is 1. The summed E-state index contributed by atoms with van der Waals surface area (Å²) < 4.78 is 0. The molecule has 0 aromatic heterocycles. The van der Waals surface area contributed by atoms with Gasteiger partial charge < -0.3 is 5.32 Å². The Morgan fingerprint density at radius 3 is 2.00 bits per heavy atom. The van der Waals surface area contributed by atoms with Crippen molar-refractivity contribution in [1.29, 1.82) is 0 Å². The van der Waals surface area contributed by atoms with Crippen molar-refractivity contribution in [3.63, 3.8) is 0 Å². The molecule has 0 bridgehead atoms. The zero-order valence-corrected chi connectivity index (χ0v) is 8.74. The first-order chi connectivity index (χ1) is 5.25. The quantitative estimate of drug-likeness (QED) is 0.386. The van der Waals surface area contributed by atoms with E-state index in [1.807, 2.05) is 0 Å². The molecule has 0 saturated heterocycles. The number of carbonyl (C=O) groups excluding carboxylic acids is 2. The molecule has 1 amide bonds. The second kappa shape index (κ2) is 3.94. The molecule has 0 aliphatic rings. The van der Waals surface area contributed by atoms with Gasteiger partial charge in [-0.25, -0.2) is 0 Å². The Labute approximate surface area is 78.3 Å². The van der Waals surface area contributed by atoms with Crippen LogP contribution >= 0.6 is 12.6 Å². The fourth-order valence-electron chi connectivity index (χ4n) is 0.596. The van der Waals surface area contributed by atoms with E-state index in [1.165, 1.54) is 0 Å². The summed E-state index contributed by atoms with van der Waals surface area (Å²) in [5.41, 5.74) is -0.618. The maximum Gasteiger partial charge on any atom is 0.288 e. The average Bonchev–Trinajstić information content (AvgIpc) is 1.82. The van der Waals surface area contributed by atoms with E-state index in [1.54, 1.807) is 27.7 Å². The summed E-state index contributed by atoms with van der Waals surface area (Å²) in [6, 6.07) is 0. The van der Waals surface area contributed by atoms with Gasteiger partial charge in [-0.1, -0.05) is 20.8 Å². The second-order valence-electron chi connectivity index (χ2n) is 3.73. The molecule has 0 aliphatic heterocycles. The topological polar surface area (TPSA) is 46.2 Å². The van der Waals surface area contributed by atoms with Crippen molar-refractivity contribution in [2.24, 2.45) is 5.41 Å². The lowest BCUT2D eigenvalue weighted by molar-refractivity contribution is -0.142. The van der Waals surface area contributed by atoms with E-state index in [-0.39, 0.29) is 5.37 Å². The maximum atomic E-state index is 11.3. The molecular weight excluding hydrogens is 174 g/mol. The van der Waals surface area contributed by atoms with E-state index in [0.717, 1.165) is 0 Å². The third kappa shape index (κ3) is 3.76. The summed E-state index contributed by atoms with van der Waals surface area (Å²) in [4.78, 5) is 22.3. The van der Waals surface area contributed by atoms with Crippen LogP contribution in [0.4, 0.5) is 0 Å². The van der Waals surface area contributed by atoms with Gasteiger partial charge in [-0.2, -0.15) is 12.6 Å². The number of hydrogen-bond acceptors (Lipinski definition) is 3. The Kier molecular flexibility index (Phi) is 3.77. The first-order valence-corrected chi connectivity index (χ1v) is 4.30. The molecule has 0 fully saturated rings. The van der Waals surface area contributed by atoms with Gasteiger partial charge in [-0.15, -0.1) is 0 Å². The number of ketones is 1. The number of carbonyl (C=O) groups is 2. The summed E-state index contributed by atoms with van der Waals surface area (Å²) in [6.45, 7) is 6.81. The molecule has 3 nitrogen and oxygen atoms in total. The van der Waals surface area contributed by atoms with Crippen LogP contribution in [-0.2, 0) is 9.59 Å². The van der Waals surface area contributed by atoms with Gasteiger partial charge in [-0.05, 0) is 6.92 Å². The van der Waals surface area contributed by atoms with Gasteiger partial charge in [0.15, 0.2) is 0 Å². The van der Waals surface area contributed by atoms with Gasteiger partial charge in [0.05, 0.1) is 5.37 Å². The summed E-state index contributed by atoms with van der Waals surface area (Å²) in [7, 11) is 0. The van der Waals surface area contributed by atoms with Crippen LogP contribution in [0, 0.1) is 5.41 Å². The van der Waals surface area contributed by atoms with Gasteiger partial charge in [-0.3, -0.25) is 9.59 Å². The molecule has 0 aliphatic carbocycles. The molecule has 12 heavy (non-hydrogen) atoms. The molecular formula is C8H15NO2S. The normalized spacial score (nSPS) is 13.8. The lowest BCUT2D eigenvalue weighted by Crippen LogP contribution is -2.40. The second-order valence-corrected chi connectivity index (χ2v) is 4.50. The molecule has 1 N–H and O–H groups in total. The Morgan fingerprint density at radius 1 is 1.33 bits per heavy atom. The van der Waals surface area contributed by atoms with Crippen molar-refractivity contribution >= 4 is 24.3 Å². The lowest BCUT2D eigenvalue weighted by Gasteiger charge is -2.16. The SMILES string of the molecule is CC(S)NC(=O)C(=O)C(C)(C)C. The van der Waals surface area contributed by atoms with Crippen molar-refractivity contribution in [1.82, 2.24) is 5.32 Å². The summed E-state index contributed by atoms with van der Waals surface area (Å²) >= 11 is 3.94. The van der Waals surface area contributed by atoms with Crippen LogP contribution < -0.4 is 5.32 Å². The van der Waals surface area contributed by atoms with E-state index in [0.29, 0.717) is 0 Å². The maximum absolute atomic E-state index is 11.3. The summed E-state index contributed by atoms with van der Waals surface area (Å²) in [5, 5.41) is 2.14. The van der Waals surface area contributed by atoms with E-state index >= 15 is 0 Å². The largest absolute Gasteiger partial charge is 0.338 e. The van der Waals surface area contributed by atoms with Crippen molar-refractivity contribution in [3.05, 3.63) is 0 Å². The highest BCUT2D eigenvalue weighted by Gasteiger charge is 2.28. The Bertz CT molecular complexity index is 194. The molecule has 0 saturated carbocycles. The minimum atomic E-state index is -0.618. The molecule has 4 heteroatoms. The molecule has 0 heterocycles. The Morgan fingerprint density at radius 2 is 1.75 bits per heavy atom. The number of Topliss-reactive ketones (excluding diaryl/α,β-unsaturated/α-hetero) is 1. The van der Waals surface area contributed by atoms with E-state index in [9.17, 15) is 9.59 Å². The highest BCUT2D eigenvalue weighted by molar-refractivity contribution is 7.80. The van der Waals surface area contributed by atoms with Crippen LogP contribution in [0.5, 0.6) is 0 Å². The zero-order chi connectivity index (χ0) is 9.94. The minimum absolute atomic E-state index is 0.288. The van der Waals surface area contributed by atoms with Gasteiger partial charge in [0.1, 0.15) is 0 Å². The fourth-order valence-corrected chi connectivity index (χ4v) is 0.713. The summed E-state index contributed by atoms with van der Waals surface area (Å²) in [6.07, 6.45) is 0. The van der Waals surface area contributed by atoms with Gasteiger partial charge in [0.2, 0.25) is 5.78 Å². The highest BCUT2D eigenvalue weighted by atomic mass is 32.1. The first kappa shape index (κ1) is 11.5. The van der Waals surface area contributed by atoms with Gasteiger partial charge in [0, 0.05) is 5.41 Å². The molecule has 0 aromatic rings. The average molecular weight is 189 g/mol. The molecule has 0 aromatic carbocycles. The monoisotopic (exact) mass is 189 g/mol. The van der Waals surface area contributed by atoms with E-state index in [2.05, 4.69) is 17.9 Å². The Hall–Kier alpha value is -0.510. The molecule has 0 spiro atoms. The molecule has 1 unspecified atom stereocenters. The summed E-state index contributed by atoms with van der Waals surface area (Å²) in [5.74, 6) is -0.978. The van der Waals surface area contributed by atoms with Crippen LogP contribution in [0.15, 0.2) is 0 Å². The fraction of sp³-hybridized carbons (Fsp3) is 0.750. The molecule has 1 atom stereocenters. The number of rotatable bonds is 2. The third-order valence-electron chi connectivity index (χ3n) is 1.23. The standard InChI is InChI=1S/C8H15NO2S/c1-5(12)9-7(11)6(10)8(2,3)4/h5,12H,1-4H3,(H,9,11).